The van der Waals surface area contributed by atoms with Crippen LogP contribution in [-0.2, 0) is 11.3 Å². The molecular weight excluding hydrogens is 202 g/mol. The van der Waals surface area contributed by atoms with Gasteiger partial charge in [-0.25, -0.2) is 4.79 Å². The zero-order valence-corrected chi connectivity index (χ0v) is 9.60. The van der Waals surface area contributed by atoms with Gasteiger partial charge in [-0.1, -0.05) is 0 Å². The molecule has 4 nitrogen and oxygen atoms in total. The van der Waals surface area contributed by atoms with Crippen LogP contribution in [0.4, 0.5) is 5.69 Å². The van der Waals surface area contributed by atoms with Crippen LogP contribution in [0.2, 0.25) is 0 Å². The van der Waals surface area contributed by atoms with Gasteiger partial charge in [-0.15, -0.1) is 0 Å². The Morgan fingerprint density at radius 2 is 2.31 bits per heavy atom. The lowest BCUT2D eigenvalue weighted by Crippen LogP contribution is -2.11. The lowest BCUT2D eigenvalue weighted by molar-refractivity contribution is 0.402. The normalized spacial score (nSPS) is 14.9. The van der Waals surface area contributed by atoms with E-state index in [1.807, 2.05) is 26.4 Å². The third kappa shape index (κ3) is 2.54. The zero-order chi connectivity index (χ0) is 11.5. The second-order valence-electron chi connectivity index (χ2n) is 4.46. The summed E-state index contributed by atoms with van der Waals surface area (Å²) in [5.41, 5.74) is 2.71. The average Bonchev–Trinajstić information content (AvgIpc) is 3.01. The summed E-state index contributed by atoms with van der Waals surface area (Å²) in [6, 6.07) is 1.94. The van der Waals surface area contributed by atoms with Crippen LogP contribution >= 0.6 is 0 Å². The molecule has 0 N–H and O–H groups in total. The summed E-state index contributed by atoms with van der Waals surface area (Å²) in [7, 11) is 3.99. The fourth-order valence-electron chi connectivity index (χ4n) is 1.77. The van der Waals surface area contributed by atoms with Crippen molar-refractivity contribution in [2.45, 2.75) is 25.3 Å². The van der Waals surface area contributed by atoms with Gasteiger partial charge in [-0.05, 0) is 38.6 Å². The maximum Gasteiger partial charge on any atom is 0.240 e. The zero-order valence-electron chi connectivity index (χ0n) is 9.60. The molecule has 0 amide bonds. The number of hydrogen-bond donors (Lipinski definition) is 0. The number of aliphatic imine (C=N–C) groups is 1. The van der Waals surface area contributed by atoms with Crippen molar-refractivity contribution >= 4 is 11.8 Å². The molecule has 16 heavy (non-hydrogen) atoms. The molecule has 0 radical (unpaired) electrons. The summed E-state index contributed by atoms with van der Waals surface area (Å²) >= 11 is 0. The number of aromatic nitrogens is 1. The number of pyridine rings is 1. The predicted molar refractivity (Wildman–Crippen MR) is 61.4 cm³/mol. The fourth-order valence-corrected chi connectivity index (χ4v) is 1.77. The Kier molecular flexibility index (Phi) is 3.13. The van der Waals surface area contributed by atoms with Crippen LogP contribution in [0.3, 0.4) is 0 Å². The molecule has 84 valence electrons. The minimum absolute atomic E-state index is 0.500. The van der Waals surface area contributed by atoms with Gasteiger partial charge in [0.25, 0.3) is 0 Å². The van der Waals surface area contributed by atoms with Crippen LogP contribution in [0.1, 0.15) is 30.0 Å². The first-order valence-corrected chi connectivity index (χ1v) is 5.42. The Balaban J connectivity index is 2.31. The first-order chi connectivity index (χ1) is 7.70. The molecule has 1 aliphatic carbocycles. The van der Waals surface area contributed by atoms with Crippen molar-refractivity contribution < 1.29 is 4.79 Å². The van der Waals surface area contributed by atoms with Gasteiger partial charge in [0, 0.05) is 18.7 Å². The van der Waals surface area contributed by atoms with E-state index in [4.69, 9.17) is 0 Å². The molecule has 1 saturated carbocycles. The third-order valence-corrected chi connectivity index (χ3v) is 2.58. The molecule has 1 heterocycles. The second-order valence-corrected chi connectivity index (χ2v) is 4.46. The number of hydrogen-bond acceptors (Lipinski definition) is 4. The van der Waals surface area contributed by atoms with Crippen LogP contribution in [0.25, 0.3) is 0 Å². The minimum atomic E-state index is 0.500. The summed E-state index contributed by atoms with van der Waals surface area (Å²) in [6.45, 7) is 0.805. The number of nitrogens with zero attached hydrogens (tertiary/aromatic N) is 3. The molecular formula is C12H15N3O. The molecule has 1 fully saturated rings. The van der Waals surface area contributed by atoms with Crippen molar-refractivity contribution in [1.29, 1.82) is 0 Å². The highest BCUT2D eigenvalue weighted by Crippen LogP contribution is 2.43. The summed E-state index contributed by atoms with van der Waals surface area (Å²) in [5, 5.41) is 0. The summed E-state index contributed by atoms with van der Waals surface area (Å²) in [5.74, 6) is 0.500. The molecule has 0 aromatic carbocycles. The highest BCUT2D eigenvalue weighted by molar-refractivity contribution is 5.54. The Labute approximate surface area is 95.0 Å². The van der Waals surface area contributed by atoms with Gasteiger partial charge in [0.1, 0.15) is 0 Å². The first-order valence-electron chi connectivity index (χ1n) is 5.42. The van der Waals surface area contributed by atoms with E-state index in [9.17, 15) is 4.79 Å². The number of rotatable bonds is 4. The van der Waals surface area contributed by atoms with E-state index in [1.165, 1.54) is 0 Å². The van der Waals surface area contributed by atoms with Gasteiger partial charge in [-0.3, -0.25) is 4.98 Å². The molecule has 1 aromatic rings. The fraction of sp³-hybridized carbons (Fsp3) is 0.500. The van der Waals surface area contributed by atoms with Gasteiger partial charge < -0.3 is 4.90 Å². The summed E-state index contributed by atoms with van der Waals surface area (Å²) in [6.07, 6.45) is 5.79. The number of carbonyl (C=O) groups excluding carboxylic acids is 1. The van der Waals surface area contributed by atoms with E-state index in [1.54, 1.807) is 6.08 Å². The minimum Gasteiger partial charge on any atom is -0.305 e. The van der Waals surface area contributed by atoms with E-state index in [0.717, 1.165) is 30.6 Å². The van der Waals surface area contributed by atoms with Crippen molar-refractivity contribution in [3.8, 4) is 0 Å². The lowest BCUT2D eigenvalue weighted by atomic mass is 10.1. The van der Waals surface area contributed by atoms with Crippen molar-refractivity contribution in [2.75, 3.05) is 14.1 Å². The lowest BCUT2D eigenvalue weighted by Gasteiger charge is -2.10. The maximum absolute atomic E-state index is 10.4. The van der Waals surface area contributed by atoms with Gasteiger partial charge in [0.05, 0.1) is 11.4 Å². The highest BCUT2D eigenvalue weighted by Gasteiger charge is 2.27. The van der Waals surface area contributed by atoms with Crippen LogP contribution < -0.4 is 0 Å². The molecule has 1 aromatic heterocycles. The first kappa shape index (κ1) is 11.0. The molecule has 0 atom stereocenters. The van der Waals surface area contributed by atoms with E-state index in [2.05, 4.69) is 14.9 Å². The Morgan fingerprint density at radius 3 is 2.88 bits per heavy atom. The van der Waals surface area contributed by atoms with Crippen LogP contribution in [0.5, 0.6) is 0 Å². The van der Waals surface area contributed by atoms with Gasteiger partial charge in [0.2, 0.25) is 6.08 Å². The molecule has 0 saturated heterocycles. The standard InChI is InChI=1S/C12H15N3O/c1-15(2)7-9-5-11(14-8-16)12(13-6-9)10-3-4-10/h5-6,10H,3-4,7H2,1-2H3. The molecule has 4 heteroatoms. The smallest absolute Gasteiger partial charge is 0.240 e. The predicted octanol–water partition coefficient (Wildman–Crippen LogP) is 1.99. The SMILES string of the molecule is CN(C)Cc1cnc(C2CC2)c(N=C=O)c1. The van der Waals surface area contributed by atoms with E-state index >= 15 is 0 Å². The molecule has 0 bridgehead atoms. The summed E-state index contributed by atoms with van der Waals surface area (Å²) < 4.78 is 0. The van der Waals surface area contributed by atoms with Crippen LogP contribution in [0, 0.1) is 0 Å². The summed E-state index contributed by atoms with van der Waals surface area (Å²) in [4.78, 5) is 20.6. The van der Waals surface area contributed by atoms with Crippen molar-refractivity contribution in [1.82, 2.24) is 9.88 Å². The molecule has 0 aliphatic heterocycles. The van der Waals surface area contributed by atoms with Crippen LogP contribution in [-0.4, -0.2) is 30.1 Å². The van der Waals surface area contributed by atoms with E-state index < -0.39 is 0 Å². The molecule has 2 rings (SSSR count). The van der Waals surface area contributed by atoms with Crippen molar-refractivity contribution in [3.05, 3.63) is 23.5 Å². The molecule has 0 unspecified atom stereocenters. The monoisotopic (exact) mass is 217 g/mol. The van der Waals surface area contributed by atoms with Gasteiger partial charge >= 0.3 is 0 Å². The average molecular weight is 217 g/mol. The maximum atomic E-state index is 10.4. The Hall–Kier alpha value is -1.51. The van der Waals surface area contributed by atoms with Gasteiger partial charge in [0.15, 0.2) is 0 Å². The number of isocyanates is 1. The topological polar surface area (TPSA) is 45.6 Å². The highest BCUT2D eigenvalue weighted by atomic mass is 16.1. The van der Waals surface area contributed by atoms with E-state index in [-0.39, 0.29) is 0 Å². The Bertz CT molecular complexity index is 432. The van der Waals surface area contributed by atoms with Crippen LogP contribution in [0.15, 0.2) is 17.3 Å². The largest absolute Gasteiger partial charge is 0.305 e. The molecule has 1 aliphatic rings. The van der Waals surface area contributed by atoms with E-state index in [0.29, 0.717) is 11.6 Å². The Morgan fingerprint density at radius 1 is 1.56 bits per heavy atom. The van der Waals surface area contributed by atoms with Crippen molar-refractivity contribution in [3.63, 3.8) is 0 Å². The van der Waals surface area contributed by atoms with Gasteiger partial charge in [-0.2, -0.15) is 4.99 Å². The van der Waals surface area contributed by atoms with Crippen molar-refractivity contribution in [2.24, 2.45) is 4.99 Å². The quantitative estimate of drug-likeness (QED) is 0.572. The third-order valence-electron chi connectivity index (χ3n) is 2.58. The second kappa shape index (κ2) is 4.56. The molecule has 0 spiro atoms.